The molecule has 2 atom stereocenters. The molecule has 3 fully saturated rings. The van der Waals surface area contributed by atoms with Crippen LogP contribution in [0.4, 0.5) is 17.6 Å². The van der Waals surface area contributed by atoms with E-state index in [9.17, 15) is 27.2 Å². The molecule has 2 saturated heterocycles. The summed E-state index contributed by atoms with van der Waals surface area (Å²) in [5.41, 5.74) is -0.628. The second-order valence-corrected chi connectivity index (χ2v) is 12.8. The summed E-state index contributed by atoms with van der Waals surface area (Å²) in [6.07, 6.45) is 2.03. The van der Waals surface area contributed by atoms with Gasteiger partial charge in [-0.1, -0.05) is 48.0 Å². The fourth-order valence-electron chi connectivity index (χ4n) is 6.64. The number of allylic oxidation sites excluding steroid dienone is 2. The van der Waals surface area contributed by atoms with Crippen LogP contribution in [0.5, 0.6) is 0 Å². The van der Waals surface area contributed by atoms with Crippen molar-refractivity contribution < 1.29 is 31.9 Å². The van der Waals surface area contributed by atoms with Crippen molar-refractivity contribution in [1.82, 2.24) is 24.5 Å². The van der Waals surface area contributed by atoms with Gasteiger partial charge >= 0.3 is 12.1 Å². The number of aromatic nitrogens is 2. The first kappa shape index (κ1) is 31.6. The lowest BCUT2D eigenvalue weighted by Crippen LogP contribution is -2.57. The minimum atomic E-state index is -4.81. The highest BCUT2D eigenvalue weighted by molar-refractivity contribution is 6.25. The first-order valence-electron chi connectivity index (χ1n) is 15.4. The number of carbonyl (C=O) groups excluding carboxylic acids is 2. The zero-order valence-electron chi connectivity index (χ0n) is 25.0. The van der Waals surface area contributed by atoms with Crippen molar-refractivity contribution in [1.29, 1.82) is 0 Å². The molecule has 0 bridgehead atoms. The molecule has 8 nitrogen and oxygen atoms in total. The van der Waals surface area contributed by atoms with E-state index in [-0.39, 0.29) is 26.0 Å². The molecule has 1 amide bonds. The van der Waals surface area contributed by atoms with E-state index in [4.69, 9.17) is 16.3 Å². The van der Waals surface area contributed by atoms with Gasteiger partial charge in [-0.15, -0.1) is 0 Å². The van der Waals surface area contributed by atoms with E-state index in [2.05, 4.69) is 14.9 Å². The topological polar surface area (TPSA) is 70.9 Å². The summed E-state index contributed by atoms with van der Waals surface area (Å²) in [5.74, 6) is -1.50. The van der Waals surface area contributed by atoms with Crippen LogP contribution in [0.1, 0.15) is 66.7 Å². The number of alkyl halides is 5. The molecule has 13 heteroatoms. The molecule has 3 heterocycles. The van der Waals surface area contributed by atoms with Crippen molar-refractivity contribution in [2.24, 2.45) is 0 Å². The number of amides is 1. The smallest absolute Gasteiger partial charge is 0.433 e. The van der Waals surface area contributed by atoms with Gasteiger partial charge in [-0.05, 0) is 44.2 Å². The average molecular weight is 650 g/mol. The van der Waals surface area contributed by atoms with Gasteiger partial charge in [0.05, 0.1) is 18.8 Å². The number of esters is 1. The number of piperidine rings is 1. The number of hydrogen-bond donors (Lipinski definition) is 0. The number of halogens is 5. The molecule has 242 valence electrons. The number of likely N-dealkylation sites (tertiary alicyclic amines) is 1. The summed E-state index contributed by atoms with van der Waals surface area (Å²) in [6.45, 7) is 3.99. The van der Waals surface area contributed by atoms with Gasteiger partial charge < -0.3 is 14.5 Å². The minimum absolute atomic E-state index is 0.0510. The van der Waals surface area contributed by atoms with E-state index >= 15 is 0 Å². The van der Waals surface area contributed by atoms with Gasteiger partial charge in [0, 0.05) is 57.0 Å². The summed E-state index contributed by atoms with van der Waals surface area (Å²) in [5, 5.41) is 4.06. The van der Waals surface area contributed by atoms with Crippen molar-refractivity contribution in [2.75, 3.05) is 45.9 Å². The molecule has 2 aliphatic heterocycles. The number of carbonyl (C=O) groups is 2. The van der Waals surface area contributed by atoms with Crippen LogP contribution in [0, 0.1) is 0 Å². The molecule has 0 radical (unpaired) electrons. The Morgan fingerprint density at radius 2 is 1.80 bits per heavy atom. The molecular formula is C32H36ClF4N5O3. The van der Waals surface area contributed by atoms with Crippen LogP contribution in [0.15, 0.2) is 54.4 Å². The Kier molecular flexibility index (Phi) is 8.49. The van der Waals surface area contributed by atoms with E-state index < -0.39 is 46.0 Å². The maximum atomic E-state index is 14.4. The van der Waals surface area contributed by atoms with Gasteiger partial charge in [0.15, 0.2) is 11.4 Å². The van der Waals surface area contributed by atoms with Gasteiger partial charge in [-0.3, -0.25) is 14.4 Å². The molecular weight excluding hydrogens is 614 g/mol. The molecule has 0 spiro atoms. The molecule has 45 heavy (non-hydrogen) atoms. The third-order valence-corrected chi connectivity index (χ3v) is 9.66. The summed E-state index contributed by atoms with van der Waals surface area (Å²) >= 11 is 7.34. The van der Waals surface area contributed by atoms with Crippen LogP contribution < -0.4 is 0 Å². The fraction of sp³-hybridized carbons (Fsp3) is 0.531. The number of piperazine rings is 1. The van der Waals surface area contributed by atoms with Gasteiger partial charge in [0.25, 0.3) is 5.91 Å². The highest BCUT2D eigenvalue weighted by atomic mass is 35.5. The summed E-state index contributed by atoms with van der Waals surface area (Å²) in [6, 6.07) is 9.10. The van der Waals surface area contributed by atoms with Crippen LogP contribution in [0.3, 0.4) is 0 Å². The number of nitrogens with zero attached hydrogens (tertiary/aromatic N) is 5. The Balaban J connectivity index is 1.27. The maximum Gasteiger partial charge on any atom is 0.433 e. The largest absolute Gasteiger partial charge is 0.462 e. The highest BCUT2D eigenvalue weighted by Gasteiger charge is 2.53. The predicted octanol–water partition coefficient (Wildman–Crippen LogP) is 5.67. The third kappa shape index (κ3) is 6.23. The lowest BCUT2D eigenvalue weighted by molar-refractivity contribution is -0.146. The first-order valence-corrected chi connectivity index (χ1v) is 15.8. The molecule has 1 aromatic heterocycles. The van der Waals surface area contributed by atoms with Crippen LogP contribution in [-0.2, 0) is 15.7 Å². The number of ether oxygens (including phenoxy) is 1. The highest BCUT2D eigenvalue weighted by Crippen LogP contribution is 2.44. The van der Waals surface area contributed by atoms with Crippen molar-refractivity contribution in [2.45, 2.75) is 61.9 Å². The SMILES string of the molecule is CCOC(=O)c1cnn(C2CCCN(C3=C(c4ccccc4)C=CC(Cl)(N4CCN(C(=O)C5(F)CC5)CC4)C3)C2)c1C(F)(F)F. The van der Waals surface area contributed by atoms with Crippen LogP contribution in [0.25, 0.3) is 5.57 Å². The minimum Gasteiger partial charge on any atom is -0.462 e. The quantitative estimate of drug-likeness (QED) is 0.167. The van der Waals surface area contributed by atoms with E-state index in [0.717, 1.165) is 27.7 Å². The Morgan fingerprint density at radius 3 is 2.44 bits per heavy atom. The Morgan fingerprint density at radius 1 is 1.09 bits per heavy atom. The molecule has 2 aromatic rings. The molecule has 4 aliphatic rings. The second kappa shape index (κ2) is 12.1. The normalized spacial score (nSPS) is 25.4. The third-order valence-electron chi connectivity index (χ3n) is 9.16. The van der Waals surface area contributed by atoms with Gasteiger partial charge in [0.1, 0.15) is 10.6 Å². The van der Waals surface area contributed by atoms with E-state index in [1.54, 1.807) is 4.90 Å². The van der Waals surface area contributed by atoms with E-state index in [1.165, 1.54) is 6.92 Å². The lowest BCUT2D eigenvalue weighted by Gasteiger charge is -2.47. The number of rotatable bonds is 7. The van der Waals surface area contributed by atoms with Gasteiger partial charge in [-0.25, -0.2) is 9.18 Å². The Hall–Kier alpha value is -3.38. The average Bonchev–Trinajstić information content (AvgIpc) is 3.61. The number of benzene rings is 1. The molecule has 2 aliphatic carbocycles. The monoisotopic (exact) mass is 649 g/mol. The Labute approximate surface area is 264 Å². The number of hydrogen-bond acceptors (Lipinski definition) is 6. The van der Waals surface area contributed by atoms with Crippen molar-refractivity contribution in [3.8, 4) is 0 Å². The van der Waals surface area contributed by atoms with E-state index in [0.29, 0.717) is 52.0 Å². The van der Waals surface area contributed by atoms with Crippen molar-refractivity contribution in [3.63, 3.8) is 0 Å². The second-order valence-electron chi connectivity index (χ2n) is 12.1. The summed E-state index contributed by atoms with van der Waals surface area (Å²) < 4.78 is 63.2. The van der Waals surface area contributed by atoms with Gasteiger partial charge in [-0.2, -0.15) is 18.3 Å². The van der Waals surface area contributed by atoms with Gasteiger partial charge in [0.2, 0.25) is 0 Å². The van der Waals surface area contributed by atoms with Crippen LogP contribution in [0.2, 0.25) is 0 Å². The van der Waals surface area contributed by atoms with Crippen molar-refractivity contribution in [3.05, 3.63) is 71.2 Å². The summed E-state index contributed by atoms with van der Waals surface area (Å²) in [4.78, 5) is 29.8. The predicted molar refractivity (Wildman–Crippen MR) is 160 cm³/mol. The molecule has 1 saturated carbocycles. The summed E-state index contributed by atoms with van der Waals surface area (Å²) in [7, 11) is 0. The van der Waals surface area contributed by atoms with Crippen LogP contribution >= 0.6 is 11.6 Å². The van der Waals surface area contributed by atoms with Crippen LogP contribution in [-0.4, -0.2) is 92.9 Å². The standard InChI is InChI=1S/C32H36ClF4N5O3/c1-2-45-28(43)25-20-38-42(27(25)32(35,36)37)23-9-6-14-40(21-23)26-19-31(33,11-10-24(26)22-7-4-3-5-8-22)41-17-15-39(16-18-41)29(44)30(34)12-13-30/h3-5,7-8,10-11,20,23H,2,6,9,12-19,21H2,1H3. The zero-order chi connectivity index (χ0) is 32.0. The Bertz CT molecular complexity index is 1500. The maximum absolute atomic E-state index is 14.4. The first-order chi connectivity index (χ1) is 21.4. The zero-order valence-corrected chi connectivity index (χ0v) is 25.8. The molecule has 6 rings (SSSR count). The molecule has 0 N–H and O–H groups in total. The van der Waals surface area contributed by atoms with Crippen molar-refractivity contribution >= 4 is 29.1 Å². The lowest BCUT2D eigenvalue weighted by atomic mass is 9.90. The van der Waals surface area contributed by atoms with E-state index in [1.807, 2.05) is 42.5 Å². The molecule has 2 unspecified atom stereocenters. The molecule has 1 aromatic carbocycles. The fourth-order valence-corrected chi connectivity index (χ4v) is 7.00.